The van der Waals surface area contributed by atoms with E-state index in [9.17, 15) is 10.2 Å². The fourth-order valence-corrected chi connectivity index (χ4v) is 15.1. The van der Waals surface area contributed by atoms with Crippen molar-refractivity contribution in [1.82, 2.24) is 9.80 Å². The average molecular weight is 701 g/mol. The SMILES string of the molecule is CCO[C@@H](C1C[C@@H](C)[C@H]2C(O1)[C@H](O)[C@@]1(C)C3CC[C@H]4C(C)(C)[C@@H](O[C@H]5CN(C6CN(C(C)C)C6)CCO5)CCC45CC35CC[C@]21C)C(C)(C)O. The maximum Gasteiger partial charge on any atom is 0.170 e. The summed E-state index contributed by atoms with van der Waals surface area (Å²) in [7, 11) is 0. The van der Waals surface area contributed by atoms with Gasteiger partial charge in [0.25, 0.3) is 0 Å². The van der Waals surface area contributed by atoms with Crippen LogP contribution in [0.5, 0.6) is 0 Å². The van der Waals surface area contributed by atoms with Gasteiger partial charge in [-0.1, -0.05) is 34.6 Å². The molecule has 50 heavy (non-hydrogen) atoms. The van der Waals surface area contributed by atoms with Crippen LogP contribution in [0, 0.1) is 50.7 Å². The van der Waals surface area contributed by atoms with Crippen LogP contribution in [0.2, 0.25) is 0 Å². The van der Waals surface area contributed by atoms with Crippen LogP contribution in [0.4, 0.5) is 0 Å². The number of rotatable bonds is 8. The molecule has 2 spiro atoms. The van der Waals surface area contributed by atoms with Crippen molar-refractivity contribution in [2.24, 2.45) is 50.7 Å². The van der Waals surface area contributed by atoms with Crippen molar-refractivity contribution in [3.63, 3.8) is 0 Å². The minimum absolute atomic E-state index is 0.0243. The topological polar surface area (TPSA) is 83.9 Å². The van der Waals surface area contributed by atoms with Gasteiger partial charge in [0, 0.05) is 50.3 Å². The number of aliphatic hydroxyl groups excluding tert-OH is 1. The van der Waals surface area contributed by atoms with Crippen LogP contribution in [-0.2, 0) is 18.9 Å². The fourth-order valence-electron chi connectivity index (χ4n) is 15.1. The van der Waals surface area contributed by atoms with Crippen molar-refractivity contribution in [1.29, 1.82) is 0 Å². The van der Waals surface area contributed by atoms with Gasteiger partial charge in [-0.25, -0.2) is 0 Å². The van der Waals surface area contributed by atoms with E-state index in [1.165, 1.54) is 51.6 Å². The summed E-state index contributed by atoms with van der Waals surface area (Å²) in [5, 5.41) is 23.7. The summed E-state index contributed by atoms with van der Waals surface area (Å²) in [6.07, 6.45) is 8.17. The highest BCUT2D eigenvalue weighted by atomic mass is 16.7. The molecule has 3 aliphatic heterocycles. The summed E-state index contributed by atoms with van der Waals surface area (Å²) in [5.74, 6) is 1.86. The predicted octanol–water partition coefficient (Wildman–Crippen LogP) is 6.11. The Morgan fingerprint density at radius 1 is 0.960 bits per heavy atom. The van der Waals surface area contributed by atoms with Gasteiger partial charge in [0.2, 0.25) is 0 Å². The predicted molar refractivity (Wildman–Crippen MR) is 194 cm³/mol. The first-order chi connectivity index (χ1) is 23.4. The van der Waals surface area contributed by atoms with Crippen molar-refractivity contribution in [3.05, 3.63) is 0 Å². The second-order valence-electron chi connectivity index (χ2n) is 20.7. The second-order valence-corrected chi connectivity index (χ2v) is 20.7. The zero-order valence-corrected chi connectivity index (χ0v) is 33.2. The van der Waals surface area contributed by atoms with Gasteiger partial charge in [-0.05, 0) is 131 Å². The summed E-state index contributed by atoms with van der Waals surface area (Å²) < 4.78 is 26.5. The molecule has 286 valence electrons. The highest BCUT2D eigenvalue weighted by Gasteiger charge is 2.84. The average Bonchev–Trinajstić information content (AvgIpc) is 3.64. The standard InChI is InChI=1S/C42H72N2O6/c1-11-47-36(38(7,8)46)28-20-26(4)33-34(49-28)35(45)40(10)30-13-12-29-37(5,6)31(14-15-41(29)24-42(30,41)17-16-39(33,40)9)50-32-23-43(18-19-48-32)27-21-44(22-27)25(2)3/h25-36,45-46H,11-24H2,1-10H3/t26-,28?,29+,30?,31+,32+,33+,34?,35+,36+,39-,40-,41?,42?/m1/s1. The molecule has 0 aromatic heterocycles. The normalized spacial score (nSPS) is 51.2. The van der Waals surface area contributed by atoms with Gasteiger partial charge in [0.1, 0.15) is 6.10 Å². The molecular formula is C42H72N2O6. The molecule has 3 saturated heterocycles. The van der Waals surface area contributed by atoms with E-state index in [0.29, 0.717) is 53.2 Å². The number of hydrogen-bond donors (Lipinski definition) is 2. The Morgan fingerprint density at radius 2 is 1.66 bits per heavy atom. The summed E-state index contributed by atoms with van der Waals surface area (Å²) in [5.41, 5.74) is -0.421. The monoisotopic (exact) mass is 701 g/mol. The molecule has 0 amide bonds. The number of fused-ring (bicyclic) bond motifs is 4. The van der Waals surface area contributed by atoms with Gasteiger partial charge in [0.15, 0.2) is 6.29 Å². The second kappa shape index (κ2) is 12.1. The van der Waals surface area contributed by atoms with Crippen LogP contribution < -0.4 is 0 Å². The quantitative estimate of drug-likeness (QED) is 0.314. The summed E-state index contributed by atoms with van der Waals surface area (Å²) >= 11 is 0. The van der Waals surface area contributed by atoms with E-state index in [1.54, 1.807) is 0 Å². The van der Waals surface area contributed by atoms with E-state index in [2.05, 4.69) is 58.3 Å². The third kappa shape index (κ3) is 4.96. The van der Waals surface area contributed by atoms with Crippen LogP contribution >= 0.6 is 0 Å². The minimum Gasteiger partial charge on any atom is -0.390 e. The highest BCUT2D eigenvalue weighted by molar-refractivity contribution is 5.33. The van der Waals surface area contributed by atoms with Gasteiger partial charge in [-0.15, -0.1) is 0 Å². The van der Waals surface area contributed by atoms with Crippen LogP contribution in [0.1, 0.15) is 121 Å². The van der Waals surface area contributed by atoms with Gasteiger partial charge >= 0.3 is 0 Å². The van der Waals surface area contributed by atoms with Gasteiger partial charge in [-0.3, -0.25) is 9.80 Å². The highest BCUT2D eigenvalue weighted by Crippen LogP contribution is 2.89. The van der Waals surface area contributed by atoms with E-state index in [-0.39, 0.29) is 40.8 Å². The molecule has 5 aliphatic carbocycles. The van der Waals surface area contributed by atoms with Crippen LogP contribution in [0.25, 0.3) is 0 Å². The third-order valence-corrected chi connectivity index (χ3v) is 17.7. The van der Waals surface area contributed by atoms with E-state index in [1.807, 2.05) is 20.8 Å². The lowest BCUT2D eigenvalue weighted by molar-refractivity contribution is -0.253. The molecule has 0 aromatic rings. The van der Waals surface area contributed by atoms with Crippen LogP contribution in [-0.4, -0.2) is 114 Å². The third-order valence-electron chi connectivity index (χ3n) is 17.7. The smallest absolute Gasteiger partial charge is 0.170 e. The first-order valence-corrected chi connectivity index (χ1v) is 20.9. The lowest BCUT2D eigenvalue weighted by atomic mass is 9.41. The molecule has 0 radical (unpaired) electrons. The first kappa shape index (κ1) is 36.6. The Hall–Kier alpha value is -0.320. The Balaban J connectivity index is 0.991. The molecule has 8 aliphatic rings. The number of ether oxygens (including phenoxy) is 4. The van der Waals surface area contributed by atoms with E-state index in [4.69, 9.17) is 18.9 Å². The van der Waals surface area contributed by atoms with Crippen molar-refractivity contribution < 1.29 is 29.2 Å². The molecule has 8 rings (SSSR count). The van der Waals surface area contributed by atoms with E-state index >= 15 is 0 Å². The molecule has 5 unspecified atom stereocenters. The number of likely N-dealkylation sites (tertiary alicyclic amines) is 1. The molecular weight excluding hydrogens is 628 g/mol. The van der Waals surface area contributed by atoms with Crippen molar-refractivity contribution >= 4 is 0 Å². The van der Waals surface area contributed by atoms with Gasteiger partial charge in [-0.2, -0.15) is 0 Å². The lowest BCUT2D eigenvalue weighted by Gasteiger charge is -2.64. The van der Waals surface area contributed by atoms with Gasteiger partial charge < -0.3 is 29.2 Å². The van der Waals surface area contributed by atoms with Gasteiger partial charge in [0.05, 0.1) is 36.6 Å². The maximum absolute atomic E-state index is 12.6. The summed E-state index contributed by atoms with van der Waals surface area (Å²) in [4.78, 5) is 5.19. The largest absolute Gasteiger partial charge is 0.390 e. The van der Waals surface area contributed by atoms with Crippen LogP contribution in [0.15, 0.2) is 0 Å². The minimum atomic E-state index is -1.01. The van der Waals surface area contributed by atoms with Crippen LogP contribution in [0.3, 0.4) is 0 Å². The molecule has 0 bridgehead atoms. The zero-order chi connectivity index (χ0) is 35.8. The lowest BCUT2D eigenvalue weighted by Crippen LogP contribution is -2.64. The Labute approximate surface area is 303 Å². The zero-order valence-electron chi connectivity index (χ0n) is 33.2. The first-order valence-electron chi connectivity index (χ1n) is 20.9. The van der Waals surface area contributed by atoms with Crippen molar-refractivity contribution in [2.45, 2.75) is 175 Å². The van der Waals surface area contributed by atoms with E-state index < -0.39 is 17.8 Å². The molecule has 5 saturated carbocycles. The molecule has 0 aromatic carbocycles. The number of hydrogen-bond acceptors (Lipinski definition) is 8. The number of morpholine rings is 1. The van der Waals surface area contributed by atoms with E-state index in [0.717, 1.165) is 32.5 Å². The molecule has 2 N–H and O–H groups in total. The Bertz CT molecular complexity index is 1280. The molecule has 3 heterocycles. The maximum atomic E-state index is 12.6. The molecule has 8 fully saturated rings. The summed E-state index contributed by atoms with van der Waals surface area (Å²) in [6, 6.07) is 1.26. The molecule has 8 nitrogen and oxygen atoms in total. The molecule has 8 heteroatoms. The summed E-state index contributed by atoms with van der Waals surface area (Å²) in [6.45, 7) is 28.2. The van der Waals surface area contributed by atoms with Crippen molar-refractivity contribution in [3.8, 4) is 0 Å². The fraction of sp³-hybridized carbons (Fsp3) is 1.00. The Morgan fingerprint density at radius 3 is 2.34 bits per heavy atom. The molecule has 14 atom stereocenters. The number of nitrogens with zero attached hydrogens (tertiary/aromatic N) is 2. The number of aliphatic hydroxyl groups is 2. The Kier molecular flexibility index (Phi) is 8.86. The van der Waals surface area contributed by atoms with Crippen molar-refractivity contribution in [2.75, 3.05) is 39.4 Å².